The second-order valence-electron chi connectivity index (χ2n) is 1.77. The first kappa shape index (κ1) is 7.40. The van der Waals surface area contributed by atoms with Gasteiger partial charge in [0.1, 0.15) is 17.7 Å². The van der Waals surface area contributed by atoms with Crippen LogP contribution in [0.1, 0.15) is 0 Å². The van der Waals surface area contributed by atoms with Crippen molar-refractivity contribution in [3.8, 4) is 0 Å². The highest BCUT2D eigenvalue weighted by Crippen LogP contribution is 2.00. The van der Waals surface area contributed by atoms with E-state index in [-0.39, 0.29) is 0 Å². The average Bonchev–Trinajstić information content (AvgIpc) is 2.06. The molecule has 2 N–H and O–H groups in total. The lowest BCUT2D eigenvalue weighted by atomic mass is 10.3. The van der Waals surface area contributed by atoms with Gasteiger partial charge < -0.3 is 5.73 Å². The first-order valence-electron chi connectivity index (χ1n) is 3.05. The van der Waals surface area contributed by atoms with Crippen LogP contribution in [-0.4, -0.2) is 18.3 Å². The van der Waals surface area contributed by atoms with Gasteiger partial charge in [-0.3, -0.25) is 4.99 Å². The molecule has 0 aliphatic carbocycles. The van der Waals surface area contributed by atoms with Crippen molar-refractivity contribution in [2.75, 3.05) is 0 Å². The van der Waals surface area contributed by atoms with Gasteiger partial charge in [0.25, 0.3) is 0 Å². The number of aliphatic imine (C=N–C) groups is 3. The molecular weight excluding hydrogens is 140 g/mol. The second kappa shape index (κ2) is 3.46. The largest absolute Gasteiger partial charge is 0.403 e. The molecule has 1 heterocycles. The maximum Gasteiger partial charge on any atom is 0.116 e. The molecule has 4 heteroatoms. The van der Waals surface area contributed by atoms with E-state index in [0.29, 0.717) is 11.4 Å². The Morgan fingerprint density at radius 2 is 2.45 bits per heavy atom. The number of allylic oxidation sites excluding steroid dienone is 1. The van der Waals surface area contributed by atoms with Gasteiger partial charge in [0.05, 0.1) is 6.21 Å². The van der Waals surface area contributed by atoms with Gasteiger partial charge in [-0.2, -0.15) is 0 Å². The van der Waals surface area contributed by atoms with Gasteiger partial charge in [0.15, 0.2) is 0 Å². The van der Waals surface area contributed by atoms with Crippen molar-refractivity contribution < 1.29 is 0 Å². The zero-order valence-corrected chi connectivity index (χ0v) is 5.94. The maximum absolute atomic E-state index is 5.27. The SMILES string of the molecule is C=C/N=C1/C=NC=N/C1=C/N. The molecule has 0 aromatic carbocycles. The van der Waals surface area contributed by atoms with Crippen LogP contribution in [0.4, 0.5) is 0 Å². The van der Waals surface area contributed by atoms with E-state index >= 15 is 0 Å². The Bertz CT molecular complexity index is 270. The second-order valence-corrected chi connectivity index (χ2v) is 1.77. The Balaban J connectivity index is 2.97. The van der Waals surface area contributed by atoms with Gasteiger partial charge >= 0.3 is 0 Å². The molecule has 0 saturated carbocycles. The summed E-state index contributed by atoms with van der Waals surface area (Å²) in [7, 11) is 0. The topological polar surface area (TPSA) is 63.1 Å². The van der Waals surface area contributed by atoms with Crippen LogP contribution in [0.25, 0.3) is 0 Å². The summed E-state index contributed by atoms with van der Waals surface area (Å²) in [5.74, 6) is 0. The van der Waals surface area contributed by atoms with E-state index < -0.39 is 0 Å². The van der Waals surface area contributed by atoms with Gasteiger partial charge in [-0.25, -0.2) is 9.98 Å². The molecule has 0 unspecified atom stereocenters. The first-order chi connectivity index (χ1) is 5.38. The third kappa shape index (κ3) is 1.61. The lowest BCUT2D eigenvalue weighted by Crippen LogP contribution is -2.08. The van der Waals surface area contributed by atoms with E-state index in [9.17, 15) is 0 Å². The predicted molar refractivity (Wildman–Crippen MR) is 46.9 cm³/mol. The summed E-state index contributed by atoms with van der Waals surface area (Å²) in [4.78, 5) is 11.6. The minimum atomic E-state index is 0.611. The van der Waals surface area contributed by atoms with Crippen LogP contribution in [0.2, 0.25) is 0 Å². The predicted octanol–water partition coefficient (Wildman–Crippen LogP) is 0.484. The first-order valence-corrected chi connectivity index (χ1v) is 3.05. The van der Waals surface area contributed by atoms with Crippen molar-refractivity contribution in [3.05, 3.63) is 24.7 Å². The zero-order chi connectivity index (χ0) is 8.10. The Hall–Kier alpha value is -1.71. The molecule has 0 atom stereocenters. The number of rotatable bonds is 1. The summed E-state index contributed by atoms with van der Waals surface area (Å²) in [6, 6.07) is 0. The van der Waals surface area contributed by atoms with Crippen molar-refractivity contribution >= 4 is 18.3 Å². The monoisotopic (exact) mass is 148 g/mol. The summed E-state index contributed by atoms with van der Waals surface area (Å²) in [5.41, 5.74) is 6.51. The third-order valence-corrected chi connectivity index (χ3v) is 1.11. The van der Waals surface area contributed by atoms with Crippen molar-refractivity contribution in [1.82, 2.24) is 0 Å². The Morgan fingerprint density at radius 1 is 1.64 bits per heavy atom. The third-order valence-electron chi connectivity index (χ3n) is 1.11. The molecule has 0 aromatic heterocycles. The van der Waals surface area contributed by atoms with E-state index in [4.69, 9.17) is 5.73 Å². The average molecular weight is 148 g/mol. The van der Waals surface area contributed by atoms with Gasteiger partial charge in [0, 0.05) is 12.4 Å². The zero-order valence-electron chi connectivity index (χ0n) is 5.94. The number of hydrogen-bond acceptors (Lipinski definition) is 4. The van der Waals surface area contributed by atoms with E-state index in [1.807, 2.05) is 0 Å². The summed E-state index contributed by atoms with van der Waals surface area (Å²) in [5, 5.41) is 0. The molecule has 0 bridgehead atoms. The van der Waals surface area contributed by atoms with E-state index in [1.54, 1.807) is 6.21 Å². The lowest BCUT2D eigenvalue weighted by Gasteiger charge is -2.01. The molecular formula is C7H8N4. The molecule has 0 saturated heterocycles. The minimum absolute atomic E-state index is 0.611. The Morgan fingerprint density at radius 3 is 3.09 bits per heavy atom. The molecule has 1 aliphatic heterocycles. The van der Waals surface area contributed by atoms with Crippen LogP contribution in [-0.2, 0) is 0 Å². The minimum Gasteiger partial charge on any atom is -0.403 e. The quantitative estimate of drug-likeness (QED) is 0.577. The molecule has 0 amide bonds. The van der Waals surface area contributed by atoms with Gasteiger partial charge in [-0.05, 0) is 0 Å². The highest BCUT2D eigenvalue weighted by atomic mass is 14.9. The molecule has 1 rings (SSSR count). The van der Waals surface area contributed by atoms with Crippen molar-refractivity contribution in [2.45, 2.75) is 0 Å². The van der Waals surface area contributed by atoms with Crippen LogP contribution in [0.15, 0.2) is 39.7 Å². The normalized spacial score (nSPS) is 22.9. The standard InChI is InChI=1S/C7H8N4/c1-2-10-7-4-9-5-11-6(7)3-8/h2-5H,1,8H2/b6-3+,10-7-. The van der Waals surface area contributed by atoms with Crippen LogP contribution < -0.4 is 5.73 Å². The molecule has 1 aliphatic rings. The number of hydrogen-bond donors (Lipinski definition) is 1. The van der Waals surface area contributed by atoms with Gasteiger partial charge in [-0.1, -0.05) is 6.58 Å². The molecule has 4 nitrogen and oxygen atoms in total. The smallest absolute Gasteiger partial charge is 0.116 e. The fraction of sp³-hybridized carbons (Fsp3) is 0. The molecule has 0 fully saturated rings. The maximum atomic E-state index is 5.27. The van der Waals surface area contributed by atoms with Crippen LogP contribution in [0.5, 0.6) is 0 Å². The Labute approximate surface area is 64.6 Å². The summed E-state index contributed by atoms with van der Waals surface area (Å²) < 4.78 is 0. The van der Waals surface area contributed by atoms with E-state index in [0.717, 1.165) is 0 Å². The molecule has 11 heavy (non-hydrogen) atoms. The van der Waals surface area contributed by atoms with Crippen LogP contribution >= 0.6 is 0 Å². The molecule has 0 radical (unpaired) electrons. The van der Waals surface area contributed by atoms with Crippen molar-refractivity contribution in [1.29, 1.82) is 0 Å². The van der Waals surface area contributed by atoms with Gasteiger partial charge in [0.2, 0.25) is 0 Å². The summed E-state index contributed by atoms with van der Waals surface area (Å²) in [6.45, 7) is 3.45. The summed E-state index contributed by atoms with van der Waals surface area (Å²) in [6.07, 6.45) is 5.80. The molecule has 56 valence electrons. The van der Waals surface area contributed by atoms with E-state index in [1.165, 1.54) is 18.7 Å². The van der Waals surface area contributed by atoms with E-state index in [2.05, 4.69) is 21.6 Å². The van der Waals surface area contributed by atoms with Crippen molar-refractivity contribution in [3.63, 3.8) is 0 Å². The fourth-order valence-corrected chi connectivity index (χ4v) is 0.658. The van der Waals surface area contributed by atoms with Gasteiger partial charge in [-0.15, -0.1) is 0 Å². The highest BCUT2D eigenvalue weighted by Gasteiger charge is 2.03. The highest BCUT2D eigenvalue weighted by molar-refractivity contribution is 6.40. The number of nitrogens with two attached hydrogens (primary N) is 1. The fourth-order valence-electron chi connectivity index (χ4n) is 0.658. The summed E-state index contributed by atoms with van der Waals surface area (Å²) >= 11 is 0. The Kier molecular flexibility index (Phi) is 2.32. The molecule has 0 spiro atoms. The van der Waals surface area contributed by atoms with Crippen molar-refractivity contribution in [2.24, 2.45) is 20.7 Å². The van der Waals surface area contributed by atoms with Crippen LogP contribution in [0, 0.1) is 0 Å². The van der Waals surface area contributed by atoms with Crippen LogP contribution in [0.3, 0.4) is 0 Å². The molecule has 0 aromatic rings. The lowest BCUT2D eigenvalue weighted by molar-refractivity contribution is 1.37. The number of nitrogens with zero attached hydrogens (tertiary/aromatic N) is 3.